The molecule has 132 valence electrons. The van der Waals surface area contributed by atoms with Gasteiger partial charge in [0.15, 0.2) is 23.1 Å². The summed E-state index contributed by atoms with van der Waals surface area (Å²) in [5.74, 6) is -3.43. The molecule has 0 unspecified atom stereocenters. The first-order valence-electron chi connectivity index (χ1n) is 7.30. The summed E-state index contributed by atoms with van der Waals surface area (Å²) < 4.78 is 57.4. The lowest BCUT2D eigenvalue weighted by Crippen LogP contribution is -2.07. The zero-order valence-electron chi connectivity index (χ0n) is 12.8. The molecule has 0 amide bonds. The Balaban J connectivity index is 2.03. The van der Waals surface area contributed by atoms with E-state index in [1.54, 1.807) is 0 Å². The van der Waals surface area contributed by atoms with Gasteiger partial charge in [-0.05, 0) is 12.1 Å². The minimum absolute atomic E-state index is 0.0663. The predicted molar refractivity (Wildman–Crippen MR) is 79.4 cm³/mol. The van der Waals surface area contributed by atoms with E-state index in [1.165, 1.54) is 6.07 Å². The van der Waals surface area contributed by atoms with Crippen molar-refractivity contribution in [2.45, 2.75) is 13.0 Å². The number of nitrogens with zero attached hydrogens (tertiary/aromatic N) is 1. The van der Waals surface area contributed by atoms with Crippen LogP contribution in [0.3, 0.4) is 0 Å². The van der Waals surface area contributed by atoms with Gasteiger partial charge in [-0.25, -0.2) is 8.78 Å². The highest BCUT2D eigenvalue weighted by molar-refractivity contribution is 5.50. The summed E-state index contributed by atoms with van der Waals surface area (Å²) in [6.07, 6.45) is 0.372. The van der Waals surface area contributed by atoms with Crippen molar-refractivity contribution in [2.75, 3.05) is 13.2 Å². The molecule has 6 nitrogen and oxygen atoms in total. The second kappa shape index (κ2) is 6.88. The van der Waals surface area contributed by atoms with Crippen LogP contribution >= 0.6 is 0 Å². The molecule has 0 bridgehead atoms. The Morgan fingerprint density at radius 1 is 0.920 bits per heavy atom. The van der Waals surface area contributed by atoms with E-state index in [9.17, 15) is 23.3 Å². The van der Waals surface area contributed by atoms with Crippen molar-refractivity contribution in [2.24, 2.45) is 0 Å². The fraction of sp³-hybridized carbons (Fsp3) is 0.250. The molecule has 25 heavy (non-hydrogen) atoms. The third-order valence-electron chi connectivity index (χ3n) is 3.54. The summed E-state index contributed by atoms with van der Waals surface area (Å²) in [6, 6.07) is 3.87. The Labute approximate surface area is 139 Å². The quantitative estimate of drug-likeness (QED) is 0.575. The van der Waals surface area contributed by atoms with Gasteiger partial charge in [-0.15, -0.1) is 0 Å². The molecule has 9 heteroatoms. The summed E-state index contributed by atoms with van der Waals surface area (Å²) in [6.45, 7) is -0.201. The van der Waals surface area contributed by atoms with E-state index in [0.717, 1.165) is 18.2 Å². The minimum atomic E-state index is -1.14. The number of hydrogen-bond donors (Lipinski definition) is 0. The van der Waals surface area contributed by atoms with Crippen molar-refractivity contribution in [3.63, 3.8) is 0 Å². The van der Waals surface area contributed by atoms with Crippen LogP contribution in [0.2, 0.25) is 0 Å². The van der Waals surface area contributed by atoms with E-state index in [0.29, 0.717) is 6.42 Å². The monoisotopic (exact) mass is 355 g/mol. The number of ether oxygens (including phenoxy) is 3. The summed E-state index contributed by atoms with van der Waals surface area (Å²) in [4.78, 5) is 9.96. The molecule has 0 fully saturated rings. The molecule has 2 aromatic carbocycles. The lowest BCUT2D eigenvalue weighted by molar-refractivity contribution is -0.387. The van der Waals surface area contributed by atoms with Crippen LogP contribution in [0, 0.1) is 27.6 Å². The van der Waals surface area contributed by atoms with Crippen molar-refractivity contribution in [3.05, 3.63) is 57.4 Å². The molecule has 1 aliphatic heterocycles. The Hall–Kier alpha value is -2.97. The molecule has 0 N–H and O–H groups in total. The molecule has 1 aliphatic rings. The molecule has 1 heterocycles. The Morgan fingerprint density at radius 3 is 2.32 bits per heavy atom. The normalized spacial score (nSPS) is 14.0. The first-order valence-corrected chi connectivity index (χ1v) is 7.30. The van der Waals surface area contributed by atoms with E-state index in [4.69, 9.17) is 14.2 Å². The van der Waals surface area contributed by atoms with Gasteiger partial charge >= 0.3 is 5.69 Å². The van der Waals surface area contributed by atoms with Crippen LogP contribution in [0.5, 0.6) is 17.2 Å². The van der Waals surface area contributed by atoms with Gasteiger partial charge in [0.1, 0.15) is 12.4 Å². The second-order valence-corrected chi connectivity index (χ2v) is 5.18. The number of nitro benzene ring substituents is 1. The van der Waals surface area contributed by atoms with E-state index in [2.05, 4.69) is 0 Å². The van der Waals surface area contributed by atoms with Crippen LogP contribution in [0.4, 0.5) is 18.9 Å². The first-order chi connectivity index (χ1) is 12.0. The SMILES string of the molecule is O=[N+]([O-])c1cc2c(cc1F)OCCCOc1ccc(F)c(F)c1CO2. The highest BCUT2D eigenvalue weighted by atomic mass is 19.2. The van der Waals surface area contributed by atoms with E-state index >= 15 is 0 Å². The lowest BCUT2D eigenvalue weighted by atomic mass is 10.2. The van der Waals surface area contributed by atoms with Crippen LogP contribution in [0.15, 0.2) is 24.3 Å². The number of rotatable bonds is 1. The molecular formula is C16H12F3NO5. The summed E-state index contributed by atoms with van der Waals surface area (Å²) >= 11 is 0. The highest BCUT2D eigenvalue weighted by Gasteiger charge is 2.22. The van der Waals surface area contributed by atoms with Crippen LogP contribution in [-0.4, -0.2) is 18.1 Å². The predicted octanol–water partition coefficient (Wildman–Crippen LogP) is 3.75. The second-order valence-electron chi connectivity index (χ2n) is 5.18. The summed E-state index contributed by atoms with van der Waals surface area (Å²) in [5.41, 5.74) is -0.992. The maximum atomic E-state index is 14.0. The topological polar surface area (TPSA) is 70.8 Å². The van der Waals surface area contributed by atoms with Gasteiger partial charge in [-0.1, -0.05) is 0 Å². The smallest absolute Gasteiger partial charge is 0.308 e. The van der Waals surface area contributed by atoms with Gasteiger partial charge in [0.2, 0.25) is 5.82 Å². The van der Waals surface area contributed by atoms with Gasteiger partial charge in [-0.2, -0.15) is 4.39 Å². The van der Waals surface area contributed by atoms with Gasteiger partial charge in [0.25, 0.3) is 0 Å². The largest absolute Gasteiger partial charge is 0.493 e. The maximum Gasteiger partial charge on any atom is 0.308 e. The third kappa shape index (κ3) is 3.44. The number of nitro groups is 1. The summed E-state index contributed by atoms with van der Waals surface area (Å²) in [5, 5.41) is 10.9. The van der Waals surface area contributed by atoms with Crippen molar-refractivity contribution in [3.8, 4) is 17.2 Å². The molecule has 2 aromatic rings. The Kier molecular flexibility index (Phi) is 4.64. The molecule has 0 aromatic heterocycles. The van der Waals surface area contributed by atoms with Gasteiger partial charge in [-0.3, -0.25) is 10.1 Å². The average Bonchev–Trinajstić information content (AvgIpc) is 2.61. The number of fused-ring (bicyclic) bond motifs is 2. The van der Waals surface area contributed by atoms with Crippen LogP contribution in [0.25, 0.3) is 0 Å². The van der Waals surface area contributed by atoms with Crippen molar-refractivity contribution < 1.29 is 32.3 Å². The van der Waals surface area contributed by atoms with Crippen molar-refractivity contribution in [1.82, 2.24) is 0 Å². The molecule has 0 saturated carbocycles. The van der Waals surface area contributed by atoms with E-state index in [-0.39, 0.29) is 36.0 Å². The number of hydrogen-bond acceptors (Lipinski definition) is 5. The van der Waals surface area contributed by atoms with Gasteiger partial charge < -0.3 is 14.2 Å². The van der Waals surface area contributed by atoms with E-state index in [1.807, 2.05) is 0 Å². The molecule has 0 radical (unpaired) electrons. The third-order valence-corrected chi connectivity index (χ3v) is 3.54. The first kappa shape index (κ1) is 16.9. The van der Waals surface area contributed by atoms with Gasteiger partial charge in [0.05, 0.1) is 29.8 Å². The average molecular weight is 355 g/mol. The van der Waals surface area contributed by atoms with Crippen molar-refractivity contribution in [1.29, 1.82) is 0 Å². The van der Waals surface area contributed by atoms with Crippen LogP contribution in [-0.2, 0) is 6.61 Å². The summed E-state index contributed by atoms with van der Waals surface area (Å²) in [7, 11) is 0. The molecule has 3 rings (SSSR count). The number of halogens is 3. The van der Waals surface area contributed by atoms with Crippen LogP contribution < -0.4 is 14.2 Å². The van der Waals surface area contributed by atoms with Gasteiger partial charge in [0, 0.05) is 12.5 Å². The lowest BCUT2D eigenvalue weighted by Gasteiger charge is -2.13. The molecule has 0 aliphatic carbocycles. The zero-order valence-corrected chi connectivity index (χ0v) is 12.8. The highest BCUT2D eigenvalue weighted by Crippen LogP contribution is 2.36. The standard InChI is InChI=1S/C16H12F3NO5/c17-10-2-3-13-9(16(10)19)8-25-15-7-12(20(21)22)11(18)6-14(15)24-5-1-4-23-13/h2-3,6-7H,1,4-5,8H2. The zero-order chi connectivity index (χ0) is 18.0. The molecular weight excluding hydrogens is 343 g/mol. The molecule has 0 atom stereocenters. The minimum Gasteiger partial charge on any atom is -0.493 e. The van der Waals surface area contributed by atoms with Crippen molar-refractivity contribution >= 4 is 5.69 Å². The fourth-order valence-electron chi connectivity index (χ4n) is 2.31. The Bertz CT molecular complexity index is 828. The van der Waals surface area contributed by atoms with Crippen LogP contribution in [0.1, 0.15) is 12.0 Å². The molecule has 0 spiro atoms. The Morgan fingerprint density at radius 2 is 1.60 bits per heavy atom. The molecule has 0 saturated heterocycles. The van der Waals surface area contributed by atoms with E-state index < -0.39 is 34.7 Å². The number of benzene rings is 2. The maximum absolute atomic E-state index is 14.0. The fourth-order valence-corrected chi connectivity index (χ4v) is 2.31.